The van der Waals surface area contributed by atoms with Crippen molar-refractivity contribution in [2.75, 3.05) is 0 Å². The number of H-pyrrole nitrogens is 1. The molecule has 1 aliphatic carbocycles. The summed E-state index contributed by atoms with van der Waals surface area (Å²) in [5, 5.41) is 14.2. The van der Waals surface area contributed by atoms with Gasteiger partial charge < -0.3 is 5.11 Å². The Labute approximate surface area is 201 Å². The van der Waals surface area contributed by atoms with Crippen molar-refractivity contribution < 1.29 is 23.1 Å². The molecule has 4 aromatic rings. The minimum atomic E-state index is -5.08. The largest absolute Gasteiger partial charge is 0.490 e. The van der Waals surface area contributed by atoms with Crippen molar-refractivity contribution in [1.82, 2.24) is 10.2 Å². The van der Waals surface area contributed by atoms with Gasteiger partial charge in [-0.1, -0.05) is 66.7 Å². The highest BCUT2D eigenvalue weighted by atomic mass is 19.4. The number of benzene rings is 3. The van der Waals surface area contributed by atoms with Gasteiger partial charge in [-0.3, -0.25) is 5.10 Å². The molecule has 0 unspecified atom stereocenters. The quantitative estimate of drug-likeness (QED) is 0.334. The molecule has 0 saturated heterocycles. The highest BCUT2D eigenvalue weighted by Crippen LogP contribution is 2.30. The Morgan fingerprint density at radius 2 is 1.51 bits per heavy atom. The number of halogens is 3. The van der Waals surface area contributed by atoms with Crippen LogP contribution in [0.1, 0.15) is 23.1 Å². The summed E-state index contributed by atoms with van der Waals surface area (Å²) in [6.07, 6.45) is 1.62. The fourth-order valence-corrected chi connectivity index (χ4v) is 4.37. The van der Waals surface area contributed by atoms with Crippen molar-refractivity contribution in [3.05, 3.63) is 102 Å². The highest BCUT2D eigenvalue weighted by molar-refractivity contribution is 5.73. The summed E-state index contributed by atoms with van der Waals surface area (Å²) in [6, 6.07) is 28.6. The van der Waals surface area contributed by atoms with Crippen molar-refractivity contribution >= 4 is 5.97 Å². The Morgan fingerprint density at radius 3 is 2.09 bits per heavy atom. The molecule has 1 heterocycles. The lowest BCUT2D eigenvalue weighted by Gasteiger charge is -2.10. The summed E-state index contributed by atoms with van der Waals surface area (Å²) < 4.78 is 31.7. The van der Waals surface area contributed by atoms with E-state index >= 15 is 0 Å². The number of nitrogens with one attached hydrogen (secondary N) is 1. The Bertz CT molecular complexity index is 1240. The van der Waals surface area contributed by atoms with Gasteiger partial charge in [0.15, 0.2) is 0 Å². The molecule has 0 aliphatic heterocycles. The van der Waals surface area contributed by atoms with Crippen LogP contribution in [0.5, 0.6) is 0 Å². The van der Waals surface area contributed by atoms with Crippen molar-refractivity contribution in [1.29, 1.82) is 0 Å². The van der Waals surface area contributed by atoms with Crippen LogP contribution in [0.25, 0.3) is 22.4 Å². The van der Waals surface area contributed by atoms with Crippen LogP contribution in [0.15, 0.2) is 85.1 Å². The Kier molecular flexibility index (Phi) is 7.34. The third-order valence-corrected chi connectivity index (χ3v) is 6.18. The number of carbonyl (C=O) groups is 1. The van der Waals surface area contributed by atoms with Crippen molar-refractivity contribution in [2.45, 2.75) is 31.9 Å². The summed E-state index contributed by atoms with van der Waals surface area (Å²) in [5.41, 5.74) is 9.27. The molecule has 1 aromatic heterocycles. The monoisotopic (exact) mass is 478 g/mol. The second-order valence-electron chi connectivity index (χ2n) is 8.63. The van der Waals surface area contributed by atoms with Gasteiger partial charge in [-0.05, 0) is 71.6 Å². The predicted octanol–water partition coefficient (Wildman–Crippen LogP) is 6.72. The number of carboxylic acids is 1. The lowest BCUT2D eigenvalue weighted by molar-refractivity contribution is -0.192. The maximum atomic E-state index is 10.6. The molecular weight excluding hydrogens is 453 g/mol. The van der Waals surface area contributed by atoms with E-state index < -0.39 is 12.1 Å². The van der Waals surface area contributed by atoms with Gasteiger partial charge in [0.2, 0.25) is 0 Å². The molecule has 0 saturated carbocycles. The average Bonchev–Trinajstić information content (AvgIpc) is 3.53. The van der Waals surface area contributed by atoms with Crippen LogP contribution in [0, 0.1) is 5.92 Å². The molecule has 5 rings (SSSR count). The predicted molar refractivity (Wildman–Crippen MR) is 129 cm³/mol. The molecule has 180 valence electrons. The smallest absolute Gasteiger partial charge is 0.475 e. The Hall–Kier alpha value is -3.87. The number of aromatic nitrogens is 2. The standard InChI is InChI=1S/C26H24N2.C2HF3O2/c1-2-5-23-17-20(16-22(23)4-1)9-8-19-10-12-21(13-11-19)24-6-3-7-25(18-24)26-14-15-27-28-26;3-2(4,5)1(6)7/h1-7,10-15,18,20H,8-9,16-17H2,(H,27,28);(H,6,7). The van der Waals surface area contributed by atoms with Gasteiger partial charge in [-0.15, -0.1) is 0 Å². The number of nitrogens with zero attached hydrogens (tertiary/aromatic N) is 1. The second kappa shape index (κ2) is 10.6. The van der Waals surface area contributed by atoms with Gasteiger partial charge in [0, 0.05) is 11.8 Å². The van der Waals surface area contributed by atoms with E-state index in [-0.39, 0.29) is 0 Å². The van der Waals surface area contributed by atoms with Crippen LogP contribution >= 0.6 is 0 Å². The van der Waals surface area contributed by atoms with Crippen molar-refractivity contribution in [3.63, 3.8) is 0 Å². The summed E-state index contributed by atoms with van der Waals surface area (Å²) in [5.74, 6) is -1.96. The van der Waals surface area contributed by atoms with E-state index in [4.69, 9.17) is 9.90 Å². The second-order valence-corrected chi connectivity index (χ2v) is 8.63. The maximum Gasteiger partial charge on any atom is 0.490 e. The number of fused-ring (bicyclic) bond motifs is 1. The Morgan fingerprint density at radius 1 is 0.886 bits per heavy atom. The van der Waals surface area contributed by atoms with Crippen molar-refractivity contribution in [2.24, 2.45) is 5.92 Å². The van der Waals surface area contributed by atoms with Gasteiger partial charge in [-0.2, -0.15) is 18.3 Å². The molecule has 4 nitrogen and oxygen atoms in total. The van der Waals surface area contributed by atoms with Gasteiger partial charge in [0.1, 0.15) is 0 Å². The molecule has 3 aromatic carbocycles. The van der Waals surface area contributed by atoms with Crippen LogP contribution in [0.2, 0.25) is 0 Å². The van der Waals surface area contributed by atoms with Gasteiger partial charge >= 0.3 is 12.1 Å². The summed E-state index contributed by atoms with van der Waals surface area (Å²) >= 11 is 0. The average molecular weight is 479 g/mol. The number of aryl methyl sites for hydroxylation is 1. The molecule has 1 aliphatic rings. The number of aliphatic carboxylic acids is 1. The zero-order chi connectivity index (χ0) is 24.8. The number of hydrogen-bond acceptors (Lipinski definition) is 2. The third-order valence-electron chi connectivity index (χ3n) is 6.18. The van der Waals surface area contributed by atoms with Gasteiger partial charge in [-0.25, -0.2) is 4.79 Å². The number of carboxylic acid groups (broad SMARTS) is 1. The van der Waals surface area contributed by atoms with E-state index in [1.165, 1.54) is 41.5 Å². The van der Waals surface area contributed by atoms with Crippen LogP contribution < -0.4 is 0 Å². The lowest BCUT2D eigenvalue weighted by atomic mass is 9.95. The minimum absolute atomic E-state index is 0.795. The van der Waals surface area contributed by atoms with E-state index in [9.17, 15) is 13.2 Å². The molecular formula is C28H25F3N2O2. The highest BCUT2D eigenvalue weighted by Gasteiger charge is 2.38. The van der Waals surface area contributed by atoms with E-state index in [1.54, 1.807) is 17.3 Å². The van der Waals surface area contributed by atoms with Gasteiger partial charge in [0.25, 0.3) is 0 Å². The lowest BCUT2D eigenvalue weighted by Crippen LogP contribution is -2.21. The number of aromatic amines is 1. The molecule has 0 atom stereocenters. The number of hydrogen-bond donors (Lipinski definition) is 2. The fourth-order valence-electron chi connectivity index (χ4n) is 4.37. The molecule has 0 spiro atoms. The molecule has 0 bridgehead atoms. The molecule has 2 N–H and O–H groups in total. The van der Waals surface area contributed by atoms with Crippen LogP contribution in [-0.2, 0) is 24.1 Å². The summed E-state index contributed by atoms with van der Waals surface area (Å²) in [6.45, 7) is 0. The maximum absolute atomic E-state index is 10.6. The van der Waals surface area contributed by atoms with Crippen molar-refractivity contribution in [3.8, 4) is 22.4 Å². The zero-order valence-electron chi connectivity index (χ0n) is 18.9. The summed E-state index contributed by atoms with van der Waals surface area (Å²) in [4.78, 5) is 8.90. The first-order valence-electron chi connectivity index (χ1n) is 11.4. The zero-order valence-corrected chi connectivity index (χ0v) is 18.9. The van der Waals surface area contributed by atoms with E-state index in [2.05, 4.69) is 83.0 Å². The van der Waals surface area contributed by atoms with E-state index in [0.717, 1.165) is 18.0 Å². The molecule has 0 amide bonds. The fraction of sp³-hybridized carbons (Fsp3) is 0.214. The third kappa shape index (κ3) is 6.38. The molecule has 0 radical (unpaired) electrons. The van der Waals surface area contributed by atoms with Crippen LogP contribution in [0.3, 0.4) is 0 Å². The van der Waals surface area contributed by atoms with Crippen LogP contribution in [-0.4, -0.2) is 27.4 Å². The number of rotatable bonds is 5. The van der Waals surface area contributed by atoms with Gasteiger partial charge in [0.05, 0.1) is 5.69 Å². The first-order valence-corrected chi connectivity index (χ1v) is 11.4. The first-order chi connectivity index (χ1) is 16.8. The molecule has 0 fully saturated rings. The topological polar surface area (TPSA) is 66.0 Å². The normalized spacial score (nSPS) is 13.1. The molecule has 7 heteroatoms. The van der Waals surface area contributed by atoms with E-state index in [0.29, 0.717) is 0 Å². The molecule has 35 heavy (non-hydrogen) atoms. The number of alkyl halides is 3. The summed E-state index contributed by atoms with van der Waals surface area (Å²) in [7, 11) is 0. The minimum Gasteiger partial charge on any atom is -0.475 e. The van der Waals surface area contributed by atoms with Crippen LogP contribution in [0.4, 0.5) is 13.2 Å². The SMILES string of the molecule is O=C(O)C(F)(F)F.c1cc(-c2ccc(CCC3Cc4ccccc4C3)cc2)cc(-c2ccn[nH]2)c1. The Balaban J connectivity index is 0.000000364. The van der Waals surface area contributed by atoms with E-state index in [1.807, 2.05) is 6.07 Å². The first kappa shape index (κ1) is 24.3.